The smallest absolute Gasteiger partial charge is 0.137 e. The lowest BCUT2D eigenvalue weighted by Gasteiger charge is -2.09. The molecule has 0 bridgehead atoms. The highest BCUT2D eigenvalue weighted by Gasteiger charge is 2.11. The molecule has 0 unspecified atom stereocenters. The van der Waals surface area contributed by atoms with Crippen molar-refractivity contribution < 1.29 is 4.74 Å². The van der Waals surface area contributed by atoms with E-state index >= 15 is 0 Å². The quantitative estimate of drug-likeness (QED) is 0.355. The molecule has 0 aliphatic heterocycles. The molecule has 0 aliphatic rings. The summed E-state index contributed by atoms with van der Waals surface area (Å²) in [6.45, 7) is 3.32. The molecule has 4 aromatic rings. The van der Waals surface area contributed by atoms with Crippen LogP contribution < -0.4 is 4.74 Å². The molecule has 2 aromatic carbocycles. The number of aromatic nitrogens is 2. The van der Waals surface area contributed by atoms with Crippen molar-refractivity contribution in [1.29, 1.82) is 0 Å². The Kier molecular flexibility index (Phi) is 5.10. The van der Waals surface area contributed by atoms with Crippen LogP contribution in [0.3, 0.4) is 0 Å². The predicted molar refractivity (Wildman–Crippen MR) is 113 cm³/mol. The molecule has 3 heteroatoms. The number of para-hydroxylation sites is 1. The van der Waals surface area contributed by atoms with Gasteiger partial charge in [0.15, 0.2) is 0 Å². The monoisotopic (exact) mass is 358 g/mol. The zero-order valence-electron chi connectivity index (χ0n) is 16.1. The molecule has 4 rings (SSSR count). The first-order valence-corrected chi connectivity index (χ1v) is 9.83. The average Bonchev–Trinajstić information content (AvgIpc) is 3.04. The molecule has 0 saturated carbocycles. The Balaban J connectivity index is 1.79. The van der Waals surface area contributed by atoms with Gasteiger partial charge < -0.3 is 9.30 Å². The van der Waals surface area contributed by atoms with Crippen molar-refractivity contribution in [3.8, 4) is 17.0 Å². The third kappa shape index (κ3) is 3.42. The van der Waals surface area contributed by atoms with Crippen LogP contribution in [-0.4, -0.2) is 16.7 Å². The standard InChI is InChI=1S/C24H26N2O/c1-3-4-5-8-15-26-23-10-7-6-9-20(23)21-13-11-18(16-24(21)26)22-14-12-19(27-2)17-25-22/h6-7,9-14,16-17H,3-5,8,15H2,1-2H3. The summed E-state index contributed by atoms with van der Waals surface area (Å²) in [7, 11) is 1.67. The van der Waals surface area contributed by atoms with Crippen molar-refractivity contribution in [1.82, 2.24) is 9.55 Å². The third-order valence-electron chi connectivity index (χ3n) is 5.28. The number of hydrogen-bond donors (Lipinski definition) is 0. The number of rotatable bonds is 7. The molecular formula is C24H26N2O. The molecule has 0 atom stereocenters. The van der Waals surface area contributed by atoms with Gasteiger partial charge in [-0.1, -0.05) is 56.5 Å². The molecule has 0 fully saturated rings. The van der Waals surface area contributed by atoms with E-state index in [2.05, 4.69) is 58.9 Å². The van der Waals surface area contributed by atoms with E-state index in [0.717, 1.165) is 23.6 Å². The van der Waals surface area contributed by atoms with Crippen LogP contribution >= 0.6 is 0 Å². The minimum atomic E-state index is 0.782. The number of methoxy groups -OCH3 is 1. The molecule has 0 aliphatic carbocycles. The van der Waals surface area contributed by atoms with Gasteiger partial charge in [-0.2, -0.15) is 0 Å². The first kappa shape index (κ1) is 17.6. The number of hydrogen-bond acceptors (Lipinski definition) is 2. The van der Waals surface area contributed by atoms with Crippen molar-refractivity contribution in [2.75, 3.05) is 7.11 Å². The molecule has 2 aromatic heterocycles. The zero-order chi connectivity index (χ0) is 18.6. The van der Waals surface area contributed by atoms with E-state index < -0.39 is 0 Å². The van der Waals surface area contributed by atoms with Crippen LogP contribution in [0.25, 0.3) is 33.1 Å². The van der Waals surface area contributed by atoms with Crippen molar-refractivity contribution in [2.45, 2.75) is 39.2 Å². The molecule has 0 spiro atoms. The SMILES string of the molecule is CCCCCCn1c2ccccc2c2ccc(-c3ccc(OC)cn3)cc21. The topological polar surface area (TPSA) is 27.1 Å². The Labute approximate surface area is 160 Å². The lowest BCUT2D eigenvalue weighted by Crippen LogP contribution is -1.98. The molecule has 3 nitrogen and oxygen atoms in total. The number of unbranched alkanes of at least 4 members (excludes halogenated alkanes) is 3. The third-order valence-corrected chi connectivity index (χ3v) is 5.28. The first-order valence-electron chi connectivity index (χ1n) is 9.83. The van der Waals surface area contributed by atoms with E-state index in [9.17, 15) is 0 Å². The summed E-state index contributed by atoms with van der Waals surface area (Å²) in [5.41, 5.74) is 4.73. The Morgan fingerprint density at radius 1 is 0.889 bits per heavy atom. The van der Waals surface area contributed by atoms with E-state index in [1.165, 1.54) is 47.5 Å². The lowest BCUT2D eigenvalue weighted by atomic mass is 10.1. The summed E-state index contributed by atoms with van der Waals surface area (Å²) in [4.78, 5) is 4.56. The zero-order valence-corrected chi connectivity index (χ0v) is 16.1. The van der Waals surface area contributed by atoms with Crippen molar-refractivity contribution in [3.05, 3.63) is 60.8 Å². The molecule has 0 radical (unpaired) electrons. The maximum Gasteiger partial charge on any atom is 0.137 e. The van der Waals surface area contributed by atoms with Crippen LogP contribution in [0.5, 0.6) is 5.75 Å². The second-order valence-corrected chi connectivity index (χ2v) is 7.04. The molecule has 138 valence electrons. The molecule has 27 heavy (non-hydrogen) atoms. The molecule has 0 saturated heterocycles. The molecular weight excluding hydrogens is 332 g/mol. The fourth-order valence-electron chi connectivity index (χ4n) is 3.82. The van der Waals surface area contributed by atoms with E-state index in [-0.39, 0.29) is 0 Å². The Bertz CT molecular complexity index is 1050. The second-order valence-electron chi connectivity index (χ2n) is 7.04. The van der Waals surface area contributed by atoms with Crippen LogP contribution in [0.15, 0.2) is 60.8 Å². The average molecular weight is 358 g/mol. The van der Waals surface area contributed by atoms with E-state index in [4.69, 9.17) is 4.74 Å². The highest BCUT2D eigenvalue weighted by atomic mass is 16.5. The van der Waals surface area contributed by atoms with E-state index in [1.54, 1.807) is 13.3 Å². The Hall–Kier alpha value is -2.81. The van der Waals surface area contributed by atoms with E-state index in [0.29, 0.717) is 0 Å². The summed E-state index contributed by atoms with van der Waals surface area (Å²) in [5, 5.41) is 2.65. The van der Waals surface area contributed by atoms with Gasteiger partial charge >= 0.3 is 0 Å². The van der Waals surface area contributed by atoms with Gasteiger partial charge in [-0.25, -0.2) is 0 Å². The number of fused-ring (bicyclic) bond motifs is 3. The van der Waals surface area contributed by atoms with Crippen molar-refractivity contribution >= 4 is 21.8 Å². The number of pyridine rings is 1. The lowest BCUT2D eigenvalue weighted by molar-refractivity contribution is 0.413. The van der Waals surface area contributed by atoms with Crippen LogP contribution in [0.1, 0.15) is 32.6 Å². The van der Waals surface area contributed by atoms with Crippen molar-refractivity contribution in [2.24, 2.45) is 0 Å². The minimum Gasteiger partial charge on any atom is -0.495 e. The predicted octanol–water partition coefficient (Wildman–Crippen LogP) is 6.45. The number of benzene rings is 2. The number of nitrogens with zero attached hydrogens (tertiary/aromatic N) is 2. The second kappa shape index (κ2) is 7.83. The molecule has 0 amide bonds. The van der Waals surface area contributed by atoms with Crippen LogP contribution in [0, 0.1) is 0 Å². The van der Waals surface area contributed by atoms with Gasteiger partial charge in [-0.05, 0) is 30.7 Å². The Morgan fingerprint density at radius 2 is 1.74 bits per heavy atom. The highest BCUT2D eigenvalue weighted by molar-refractivity contribution is 6.08. The van der Waals surface area contributed by atoms with Crippen LogP contribution in [0.4, 0.5) is 0 Å². The van der Waals surface area contributed by atoms with Gasteiger partial charge in [0, 0.05) is 33.9 Å². The summed E-state index contributed by atoms with van der Waals surface area (Å²) < 4.78 is 7.71. The van der Waals surface area contributed by atoms with Gasteiger partial charge in [-0.15, -0.1) is 0 Å². The maximum atomic E-state index is 5.23. The summed E-state index contributed by atoms with van der Waals surface area (Å²) in [6, 6.07) is 19.4. The fourth-order valence-corrected chi connectivity index (χ4v) is 3.82. The van der Waals surface area contributed by atoms with E-state index in [1.807, 2.05) is 12.1 Å². The normalized spacial score (nSPS) is 11.3. The van der Waals surface area contributed by atoms with Gasteiger partial charge in [0.05, 0.1) is 19.0 Å². The number of aryl methyl sites for hydroxylation is 1. The fraction of sp³-hybridized carbons (Fsp3) is 0.292. The molecule has 2 heterocycles. The summed E-state index contributed by atoms with van der Waals surface area (Å²) >= 11 is 0. The maximum absolute atomic E-state index is 5.23. The highest BCUT2D eigenvalue weighted by Crippen LogP contribution is 2.32. The van der Waals surface area contributed by atoms with Crippen molar-refractivity contribution in [3.63, 3.8) is 0 Å². The molecule has 0 N–H and O–H groups in total. The summed E-state index contributed by atoms with van der Waals surface area (Å²) in [5.74, 6) is 0.782. The minimum absolute atomic E-state index is 0.782. The summed E-state index contributed by atoms with van der Waals surface area (Å²) in [6.07, 6.45) is 6.84. The van der Waals surface area contributed by atoms with Gasteiger partial charge in [0.25, 0.3) is 0 Å². The van der Waals surface area contributed by atoms with Gasteiger partial charge in [0.1, 0.15) is 5.75 Å². The first-order chi connectivity index (χ1) is 13.3. The largest absolute Gasteiger partial charge is 0.495 e. The van der Waals surface area contributed by atoms with Crippen LogP contribution in [0.2, 0.25) is 0 Å². The van der Waals surface area contributed by atoms with Gasteiger partial charge in [0.2, 0.25) is 0 Å². The van der Waals surface area contributed by atoms with Crippen LogP contribution in [-0.2, 0) is 6.54 Å². The Morgan fingerprint density at radius 3 is 2.52 bits per heavy atom. The number of ether oxygens (including phenoxy) is 1. The van der Waals surface area contributed by atoms with Gasteiger partial charge in [-0.3, -0.25) is 4.98 Å².